The number of hydrogen-bond donors (Lipinski definition) is 1. The van der Waals surface area contributed by atoms with Crippen molar-refractivity contribution >= 4 is 44.9 Å². The average molecular weight is 468 g/mol. The summed E-state index contributed by atoms with van der Waals surface area (Å²) in [7, 11) is 0. The number of aromatic nitrogens is 2. The van der Waals surface area contributed by atoms with E-state index in [-0.39, 0.29) is 17.2 Å². The average Bonchev–Trinajstić information content (AvgIpc) is 3.13. The van der Waals surface area contributed by atoms with Gasteiger partial charge in [0.05, 0.1) is 11.1 Å². The van der Waals surface area contributed by atoms with Crippen LogP contribution in [0.1, 0.15) is 41.8 Å². The third-order valence-corrected chi connectivity index (χ3v) is 8.15. The Morgan fingerprint density at radius 1 is 1.44 bits per heavy atom. The van der Waals surface area contributed by atoms with Crippen molar-refractivity contribution in [1.82, 2.24) is 9.55 Å². The molecule has 168 valence electrons. The van der Waals surface area contributed by atoms with Gasteiger partial charge >= 0.3 is 0 Å². The van der Waals surface area contributed by atoms with Crippen LogP contribution in [-0.2, 0) is 30.6 Å². The molecule has 1 N–H and O–H groups in total. The maximum absolute atomic E-state index is 13.4. The first kappa shape index (κ1) is 22.8. The van der Waals surface area contributed by atoms with Gasteiger partial charge in [0.25, 0.3) is 5.56 Å². The highest BCUT2D eigenvalue weighted by Crippen LogP contribution is 2.36. The third kappa shape index (κ3) is 4.41. The van der Waals surface area contributed by atoms with E-state index in [0.29, 0.717) is 17.6 Å². The Labute approximate surface area is 197 Å². The second-order valence-electron chi connectivity index (χ2n) is 8.43. The molecule has 1 aromatic carbocycles. The highest BCUT2D eigenvalue weighted by molar-refractivity contribution is 7.99. The van der Waals surface area contributed by atoms with Gasteiger partial charge in [-0.25, -0.2) is 4.98 Å². The molecule has 7 heteroatoms. The van der Waals surface area contributed by atoms with E-state index in [1.807, 2.05) is 25.1 Å². The van der Waals surface area contributed by atoms with Crippen LogP contribution < -0.4 is 10.9 Å². The number of thioether (sulfide) groups is 1. The smallest absolute Gasteiger partial charge is 0.263 e. The molecule has 0 bridgehead atoms. The van der Waals surface area contributed by atoms with Gasteiger partial charge < -0.3 is 5.32 Å². The highest BCUT2D eigenvalue weighted by atomic mass is 32.2. The van der Waals surface area contributed by atoms with Crippen LogP contribution in [0.4, 0.5) is 5.69 Å². The van der Waals surface area contributed by atoms with Crippen molar-refractivity contribution < 1.29 is 4.79 Å². The van der Waals surface area contributed by atoms with Gasteiger partial charge in [0, 0.05) is 17.1 Å². The Kier molecular flexibility index (Phi) is 6.86. The number of nitrogens with zero attached hydrogens (tertiary/aromatic N) is 2. The fourth-order valence-corrected chi connectivity index (χ4v) is 6.55. The molecule has 1 unspecified atom stereocenters. The van der Waals surface area contributed by atoms with Crippen LogP contribution in [-0.4, -0.2) is 21.2 Å². The van der Waals surface area contributed by atoms with E-state index in [9.17, 15) is 9.59 Å². The summed E-state index contributed by atoms with van der Waals surface area (Å²) in [4.78, 5) is 33.1. The van der Waals surface area contributed by atoms with E-state index in [2.05, 4.69) is 25.7 Å². The molecule has 4 rings (SSSR count). The van der Waals surface area contributed by atoms with Crippen LogP contribution in [0.25, 0.3) is 10.2 Å². The van der Waals surface area contributed by atoms with E-state index in [0.717, 1.165) is 52.7 Å². The van der Waals surface area contributed by atoms with Crippen LogP contribution in [0.2, 0.25) is 0 Å². The zero-order valence-corrected chi connectivity index (χ0v) is 20.5. The molecule has 1 aliphatic rings. The number of anilines is 1. The van der Waals surface area contributed by atoms with Gasteiger partial charge in [-0.15, -0.1) is 17.9 Å². The van der Waals surface area contributed by atoms with Gasteiger partial charge in [0.1, 0.15) is 4.83 Å². The topological polar surface area (TPSA) is 64.0 Å². The van der Waals surface area contributed by atoms with Gasteiger partial charge in [0.15, 0.2) is 5.16 Å². The predicted molar refractivity (Wildman–Crippen MR) is 135 cm³/mol. The van der Waals surface area contributed by atoms with E-state index in [1.165, 1.54) is 22.2 Å². The minimum atomic E-state index is -0.0993. The third-order valence-electron chi connectivity index (χ3n) is 6.03. The monoisotopic (exact) mass is 467 g/mol. The number of hydrogen-bond acceptors (Lipinski definition) is 5. The second-order valence-corrected chi connectivity index (χ2v) is 10.5. The number of thiophene rings is 1. The number of nitrogens with one attached hydrogen (secondary N) is 1. The first-order chi connectivity index (χ1) is 15.4. The van der Waals surface area contributed by atoms with Crippen molar-refractivity contribution in [3.8, 4) is 0 Å². The van der Waals surface area contributed by atoms with Crippen molar-refractivity contribution in [2.24, 2.45) is 5.92 Å². The molecule has 0 saturated heterocycles. The highest BCUT2D eigenvalue weighted by Gasteiger charge is 2.24. The predicted octanol–water partition coefficient (Wildman–Crippen LogP) is 5.37. The standard InChI is InChI=1S/C25H29N3O2S2/c1-5-12-28-24(30)21-18-11-10-15(3)13-19(18)32-23(21)27-25(28)31-14-20(29)26-22-16(4)8-7-9-17(22)6-2/h5,7-9,15H,1,6,10-14H2,2-4H3,(H,26,29). The Morgan fingerprint density at radius 3 is 3.00 bits per heavy atom. The number of fused-ring (bicyclic) bond motifs is 3. The molecule has 1 aliphatic carbocycles. The summed E-state index contributed by atoms with van der Waals surface area (Å²) in [6.45, 7) is 10.5. The van der Waals surface area contributed by atoms with Gasteiger partial charge in [-0.3, -0.25) is 14.2 Å². The Hall–Kier alpha value is -2.38. The lowest BCUT2D eigenvalue weighted by Gasteiger charge is -2.17. The summed E-state index contributed by atoms with van der Waals surface area (Å²) in [6.07, 6.45) is 5.62. The molecular formula is C25H29N3O2S2. The molecular weight excluding hydrogens is 438 g/mol. The number of amides is 1. The van der Waals surface area contributed by atoms with Crippen molar-refractivity contribution in [3.05, 3.63) is 62.8 Å². The number of carbonyl (C=O) groups excluding carboxylic acids is 1. The molecule has 5 nitrogen and oxygen atoms in total. The lowest BCUT2D eigenvalue weighted by Crippen LogP contribution is -2.24. The van der Waals surface area contributed by atoms with Crippen LogP contribution >= 0.6 is 23.1 Å². The largest absolute Gasteiger partial charge is 0.325 e. The van der Waals surface area contributed by atoms with Gasteiger partial charge in [-0.2, -0.15) is 0 Å². The molecule has 0 saturated carbocycles. The number of aryl methyl sites for hydroxylation is 3. The number of benzene rings is 1. The van der Waals surface area contributed by atoms with Gasteiger partial charge in [0.2, 0.25) is 5.91 Å². The minimum Gasteiger partial charge on any atom is -0.325 e. The SMILES string of the molecule is C=CCn1c(SCC(=O)Nc2c(C)cccc2CC)nc2sc3c(c2c1=O)CCC(C)C3. The van der Waals surface area contributed by atoms with E-state index in [4.69, 9.17) is 4.98 Å². The molecule has 32 heavy (non-hydrogen) atoms. The van der Waals surface area contributed by atoms with Crippen LogP contribution in [0.3, 0.4) is 0 Å². The molecule has 3 aromatic rings. The van der Waals surface area contributed by atoms with E-state index in [1.54, 1.807) is 22.0 Å². The quantitative estimate of drug-likeness (QED) is 0.288. The van der Waals surface area contributed by atoms with Gasteiger partial charge in [-0.1, -0.05) is 49.9 Å². The number of carbonyl (C=O) groups is 1. The van der Waals surface area contributed by atoms with Crippen LogP contribution in [0, 0.1) is 12.8 Å². The summed E-state index contributed by atoms with van der Waals surface area (Å²) >= 11 is 2.95. The Bertz CT molecular complexity index is 1240. The molecule has 0 aliphatic heterocycles. The zero-order chi connectivity index (χ0) is 22.8. The summed E-state index contributed by atoms with van der Waals surface area (Å²) in [5.74, 6) is 0.727. The Morgan fingerprint density at radius 2 is 2.25 bits per heavy atom. The lowest BCUT2D eigenvalue weighted by atomic mass is 9.89. The molecule has 0 spiro atoms. The van der Waals surface area contributed by atoms with Crippen molar-refractivity contribution in [3.63, 3.8) is 0 Å². The summed E-state index contributed by atoms with van der Waals surface area (Å²) in [6, 6.07) is 6.04. The van der Waals surface area contributed by atoms with Crippen LogP contribution in [0.15, 0.2) is 40.8 Å². The second kappa shape index (κ2) is 9.63. The first-order valence-corrected chi connectivity index (χ1v) is 12.9. The molecule has 0 fully saturated rings. The molecule has 1 amide bonds. The number of para-hydroxylation sites is 1. The summed E-state index contributed by atoms with van der Waals surface area (Å²) < 4.78 is 1.66. The van der Waals surface area contributed by atoms with E-state index < -0.39 is 0 Å². The van der Waals surface area contributed by atoms with Gasteiger partial charge in [-0.05, 0) is 55.2 Å². The maximum Gasteiger partial charge on any atom is 0.263 e. The zero-order valence-electron chi connectivity index (χ0n) is 18.9. The molecule has 0 radical (unpaired) electrons. The van der Waals surface area contributed by atoms with E-state index >= 15 is 0 Å². The summed E-state index contributed by atoms with van der Waals surface area (Å²) in [5.41, 5.74) is 4.21. The normalized spacial score (nSPS) is 15.5. The number of rotatable bonds is 7. The fourth-order valence-electron chi connectivity index (χ4n) is 4.31. The molecule has 2 heterocycles. The number of allylic oxidation sites excluding steroid dienone is 1. The van der Waals surface area contributed by atoms with Crippen LogP contribution in [0.5, 0.6) is 0 Å². The van der Waals surface area contributed by atoms with Crippen molar-refractivity contribution in [2.45, 2.75) is 58.2 Å². The maximum atomic E-state index is 13.4. The van der Waals surface area contributed by atoms with Crippen molar-refractivity contribution in [2.75, 3.05) is 11.1 Å². The molecule has 1 atom stereocenters. The fraction of sp³-hybridized carbons (Fsp3) is 0.400. The summed E-state index contributed by atoms with van der Waals surface area (Å²) in [5, 5.41) is 4.39. The molecule has 2 aromatic heterocycles. The lowest BCUT2D eigenvalue weighted by molar-refractivity contribution is -0.113. The minimum absolute atomic E-state index is 0.0166. The first-order valence-electron chi connectivity index (χ1n) is 11.1. The van der Waals surface area contributed by atoms with Crippen molar-refractivity contribution in [1.29, 1.82) is 0 Å². The Balaban J connectivity index is 1.61.